The zero-order chi connectivity index (χ0) is 43.2. The summed E-state index contributed by atoms with van der Waals surface area (Å²) in [6.07, 6.45) is 4.33. The van der Waals surface area contributed by atoms with Crippen LogP contribution in [-0.4, -0.2) is 108 Å². The smallest absolute Gasteiger partial charge is 0.249 e. The van der Waals surface area contributed by atoms with Crippen molar-refractivity contribution in [2.24, 2.45) is 5.73 Å². The summed E-state index contributed by atoms with van der Waals surface area (Å²) in [5.74, 6) is -1.67. The largest absolute Gasteiger partial charge is 0.369 e. The fourth-order valence-corrected chi connectivity index (χ4v) is 8.89. The molecule has 1 unspecified atom stereocenters. The number of anilines is 5. The maximum absolute atomic E-state index is 14.9. The van der Waals surface area contributed by atoms with Gasteiger partial charge in [0.2, 0.25) is 23.7 Å². The maximum atomic E-state index is 14.9. The van der Waals surface area contributed by atoms with Crippen LogP contribution in [-0.2, 0) is 16.1 Å². The average Bonchev–Trinajstić information content (AvgIpc) is 3.28. The normalized spacial score (nSPS) is 17.9. The number of piperidine rings is 2. The lowest BCUT2D eigenvalue weighted by Gasteiger charge is -2.39. The Kier molecular flexibility index (Phi) is 13.4. The first-order chi connectivity index (χ1) is 30.1. The van der Waals surface area contributed by atoms with Gasteiger partial charge in [0.25, 0.3) is 0 Å². The maximum Gasteiger partial charge on any atom is 0.249 e. The van der Waals surface area contributed by atoms with Gasteiger partial charge in [-0.3, -0.25) is 29.5 Å². The zero-order valence-electron chi connectivity index (χ0n) is 34.8. The number of benzene rings is 4. The number of primary amides is 1. The number of piperazine rings is 1. The van der Waals surface area contributed by atoms with Crippen molar-refractivity contribution < 1.29 is 18.8 Å². The second-order valence-electron chi connectivity index (χ2n) is 16.4. The highest BCUT2D eigenvalue weighted by Gasteiger charge is 2.28. The van der Waals surface area contributed by atoms with Crippen molar-refractivity contribution in [3.63, 3.8) is 0 Å². The van der Waals surface area contributed by atoms with Gasteiger partial charge in [-0.1, -0.05) is 54.1 Å². The Morgan fingerprint density at radius 2 is 1.55 bits per heavy atom. The predicted octanol–water partition coefficient (Wildman–Crippen LogP) is 6.76. The van der Waals surface area contributed by atoms with E-state index in [4.69, 9.17) is 17.3 Å². The summed E-state index contributed by atoms with van der Waals surface area (Å²) in [4.78, 5) is 54.6. The summed E-state index contributed by atoms with van der Waals surface area (Å²) in [5.41, 5.74) is 11.7. The number of carbonyl (C=O) groups is 3. The fourth-order valence-electron chi connectivity index (χ4n) is 8.66. The van der Waals surface area contributed by atoms with E-state index in [0.29, 0.717) is 46.3 Å². The molecule has 5 aromatic rings. The molecule has 3 aliphatic heterocycles. The number of halogens is 2. The molecular formula is C47H52ClFN10O3. The van der Waals surface area contributed by atoms with Gasteiger partial charge in [-0.05, 0) is 105 Å². The summed E-state index contributed by atoms with van der Waals surface area (Å²) in [7, 11) is 2.20. The molecule has 13 nitrogen and oxygen atoms in total. The molecule has 0 radical (unpaired) electrons. The summed E-state index contributed by atoms with van der Waals surface area (Å²) in [6, 6.07) is 29.0. The molecule has 3 saturated heterocycles. The molecule has 0 spiro atoms. The lowest BCUT2D eigenvalue weighted by molar-refractivity contribution is -0.134. The number of aromatic nitrogens is 2. The van der Waals surface area contributed by atoms with Crippen LogP contribution in [0.2, 0.25) is 5.02 Å². The molecule has 0 bridgehead atoms. The Morgan fingerprint density at radius 3 is 2.24 bits per heavy atom. The van der Waals surface area contributed by atoms with Gasteiger partial charge in [0.1, 0.15) is 0 Å². The number of imide groups is 1. The number of nitrogens with zero attached hydrogens (tertiary/aromatic N) is 6. The first-order valence-electron chi connectivity index (χ1n) is 21.2. The van der Waals surface area contributed by atoms with Gasteiger partial charge >= 0.3 is 0 Å². The molecule has 3 fully saturated rings. The van der Waals surface area contributed by atoms with Crippen LogP contribution in [0.5, 0.6) is 0 Å². The molecule has 62 heavy (non-hydrogen) atoms. The molecule has 15 heteroatoms. The second kappa shape index (κ2) is 19.4. The molecule has 322 valence electrons. The fraction of sp³-hybridized carbons (Fsp3) is 0.340. The van der Waals surface area contributed by atoms with Crippen LogP contribution >= 0.6 is 11.6 Å². The molecule has 3 amide bonds. The van der Waals surface area contributed by atoms with Crippen molar-refractivity contribution >= 4 is 58.2 Å². The minimum absolute atomic E-state index is 0.0314. The minimum Gasteiger partial charge on any atom is -0.369 e. The summed E-state index contributed by atoms with van der Waals surface area (Å²) >= 11 is 6.43. The minimum atomic E-state index is -0.637. The number of amides is 3. The SMILES string of the molecule is CN(Cc1ccc(Nc2ncc(F)c(Nc3ccc(C(N)=O)c(-c4ccccc4Cl)c3)n2)cc1)C1CCN(CCN2CCN(c3ccc(C4CCC(=O)NC4=O)cc3)CC2)CC1. The number of nitrogens with two attached hydrogens (primary N) is 1. The first-order valence-corrected chi connectivity index (χ1v) is 21.6. The van der Waals surface area contributed by atoms with Crippen LogP contribution in [0.3, 0.4) is 0 Å². The Labute approximate surface area is 366 Å². The number of carbonyl (C=O) groups excluding carboxylic acids is 3. The van der Waals surface area contributed by atoms with E-state index < -0.39 is 11.7 Å². The van der Waals surface area contributed by atoms with Gasteiger partial charge < -0.3 is 26.2 Å². The van der Waals surface area contributed by atoms with E-state index >= 15 is 0 Å². The number of nitrogens with one attached hydrogen (secondary N) is 3. The summed E-state index contributed by atoms with van der Waals surface area (Å²) in [5, 5.41) is 9.11. The third-order valence-electron chi connectivity index (χ3n) is 12.3. The number of likely N-dealkylation sites (tertiary alicyclic amines) is 1. The molecule has 3 aliphatic rings. The van der Waals surface area contributed by atoms with Crippen molar-refractivity contribution in [3.8, 4) is 11.1 Å². The van der Waals surface area contributed by atoms with E-state index in [2.05, 4.69) is 76.8 Å². The first kappa shape index (κ1) is 42.7. The van der Waals surface area contributed by atoms with Crippen LogP contribution in [0.25, 0.3) is 11.1 Å². The monoisotopic (exact) mass is 858 g/mol. The molecule has 0 saturated carbocycles. The van der Waals surface area contributed by atoms with E-state index in [9.17, 15) is 18.8 Å². The number of hydrogen-bond acceptors (Lipinski definition) is 11. The molecule has 4 heterocycles. The molecule has 1 aromatic heterocycles. The van der Waals surface area contributed by atoms with Gasteiger partial charge in [0, 0.05) is 91.5 Å². The van der Waals surface area contributed by atoms with Gasteiger partial charge in [-0.25, -0.2) is 9.37 Å². The third-order valence-corrected chi connectivity index (χ3v) is 12.6. The number of hydrogen-bond donors (Lipinski definition) is 4. The predicted molar refractivity (Wildman–Crippen MR) is 242 cm³/mol. The second-order valence-corrected chi connectivity index (χ2v) is 16.8. The highest BCUT2D eigenvalue weighted by atomic mass is 35.5. The molecular weight excluding hydrogens is 807 g/mol. The lowest BCUT2D eigenvalue weighted by atomic mass is 9.90. The summed E-state index contributed by atoms with van der Waals surface area (Å²) in [6.45, 7) is 9.17. The lowest BCUT2D eigenvalue weighted by Crippen LogP contribution is -2.50. The van der Waals surface area contributed by atoms with Gasteiger partial charge in [0.05, 0.1) is 12.1 Å². The van der Waals surface area contributed by atoms with Crippen molar-refractivity contribution in [3.05, 3.63) is 125 Å². The topological polar surface area (TPSA) is 152 Å². The van der Waals surface area contributed by atoms with Crippen LogP contribution in [0.4, 0.5) is 33.2 Å². The van der Waals surface area contributed by atoms with Crippen LogP contribution in [0, 0.1) is 5.82 Å². The Morgan fingerprint density at radius 1 is 0.855 bits per heavy atom. The van der Waals surface area contributed by atoms with Crippen LogP contribution in [0.15, 0.2) is 97.2 Å². The Bertz CT molecular complexity index is 2390. The van der Waals surface area contributed by atoms with Crippen molar-refractivity contribution in [1.82, 2.24) is 30.0 Å². The third kappa shape index (κ3) is 10.4. The summed E-state index contributed by atoms with van der Waals surface area (Å²) < 4.78 is 14.9. The molecule has 8 rings (SSSR count). The number of rotatable bonds is 14. The van der Waals surface area contributed by atoms with E-state index in [0.717, 1.165) is 89.2 Å². The van der Waals surface area contributed by atoms with Crippen molar-refractivity contribution in [2.45, 2.75) is 44.2 Å². The Balaban J connectivity index is 0.766. The molecule has 1 atom stereocenters. The van der Waals surface area contributed by atoms with E-state index in [-0.39, 0.29) is 29.5 Å². The van der Waals surface area contributed by atoms with Crippen molar-refractivity contribution in [2.75, 3.05) is 74.9 Å². The van der Waals surface area contributed by atoms with E-state index in [1.807, 2.05) is 30.3 Å². The van der Waals surface area contributed by atoms with E-state index in [1.54, 1.807) is 36.4 Å². The highest BCUT2D eigenvalue weighted by Crippen LogP contribution is 2.34. The van der Waals surface area contributed by atoms with Crippen LogP contribution < -0.4 is 26.6 Å². The van der Waals surface area contributed by atoms with E-state index in [1.165, 1.54) is 11.3 Å². The Hall–Kier alpha value is -5.93. The van der Waals surface area contributed by atoms with Gasteiger partial charge in [0.15, 0.2) is 11.6 Å². The van der Waals surface area contributed by atoms with Crippen molar-refractivity contribution in [1.29, 1.82) is 0 Å². The standard InChI is InChI=1S/C47H52ClFN10O3/c1-56(35-18-20-57(21-19-35)22-23-58-24-26-59(27-25-58)36-13-8-32(9-14-36)37-16-17-43(60)54-46(37)62)30-31-6-10-33(11-7-31)53-47-51-29-42(49)45(55-47)52-34-12-15-39(44(50)61)40(28-34)38-4-2-3-5-41(38)48/h2-15,28-29,35,37H,16-27,30H2,1H3,(H2,50,61)(H,54,60,62)(H2,51,52,53,55). The highest BCUT2D eigenvalue weighted by molar-refractivity contribution is 6.33. The molecule has 4 aromatic carbocycles. The quantitative estimate of drug-likeness (QED) is 0.0878. The molecule has 0 aliphatic carbocycles. The zero-order valence-corrected chi connectivity index (χ0v) is 35.6. The van der Waals surface area contributed by atoms with Crippen LogP contribution in [0.1, 0.15) is 53.1 Å². The van der Waals surface area contributed by atoms with Gasteiger partial charge in [-0.2, -0.15) is 4.98 Å². The molecule has 5 N–H and O–H groups in total. The average molecular weight is 859 g/mol. The van der Waals surface area contributed by atoms with Gasteiger partial charge in [-0.15, -0.1) is 0 Å².